The van der Waals surface area contributed by atoms with Crippen LogP contribution in [0, 0.1) is 0 Å². The highest BCUT2D eigenvalue weighted by molar-refractivity contribution is 6.30. The van der Waals surface area contributed by atoms with E-state index in [0.717, 1.165) is 11.1 Å². The van der Waals surface area contributed by atoms with Gasteiger partial charge >= 0.3 is 0 Å². The van der Waals surface area contributed by atoms with Crippen LogP contribution in [0.2, 0.25) is 0 Å². The third-order valence-corrected chi connectivity index (χ3v) is 10.9. The van der Waals surface area contributed by atoms with E-state index in [9.17, 15) is 40.2 Å². The fraction of sp³-hybridized carbons (Fsp3) is 0.425. The fourth-order valence-corrected chi connectivity index (χ4v) is 7.71. The minimum absolute atomic E-state index is 0.000576. The predicted molar refractivity (Wildman–Crippen MR) is 211 cm³/mol. The average molecular weight is 806 g/mol. The van der Waals surface area contributed by atoms with Gasteiger partial charge in [-0.2, -0.15) is 0 Å². The van der Waals surface area contributed by atoms with E-state index in [4.69, 9.17) is 31.4 Å². The molecule has 2 aromatic rings. The largest absolute Gasteiger partial charge is 0.507 e. The predicted octanol–water partition coefficient (Wildman–Crippen LogP) is -0.947. The number of allylic oxidation sites excluding steroid dienone is 4. The van der Waals surface area contributed by atoms with Gasteiger partial charge in [0.05, 0.1) is 42.9 Å². The van der Waals surface area contributed by atoms with Gasteiger partial charge in [0.15, 0.2) is 11.7 Å². The minimum Gasteiger partial charge on any atom is -0.507 e. The van der Waals surface area contributed by atoms with Crippen LogP contribution < -0.4 is 42.6 Å². The Morgan fingerprint density at radius 3 is 2.52 bits per heavy atom. The van der Waals surface area contributed by atoms with Gasteiger partial charge in [-0.1, -0.05) is 12.2 Å². The molecule has 18 nitrogen and oxygen atoms in total. The molecule has 1 fully saturated rings. The highest BCUT2D eigenvalue weighted by Crippen LogP contribution is 2.45. The fourth-order valence-electron chi connectivity index (χ4n) is 7.71. The molecule has 0 saturated carbocycles. The summed E-state index contributed by atoms with van der Waals surface area (Å²) < 4.78 is 17.4. The number of dihydropyridines is 2. The number of fused-ring (bicyclic) bond motifs is 2. The van der Waals surface area contributed by atoms with Crippen LogP contribution in [-0.4, -0.2) is 118 Å². The van der Waals surface area contributed by atoms with Crippen molar-refractivity contribution in [2.24, 2.45) is 22.2 Å². The van der Waals surface area contributed by atoms with Crippen molar-refractivity contribution in [2.75, 3.05) is 33.9 Å². The number of phenolic OH excluding ortho intramolecular Hbond substituents is 1. The smallest absolute Gasteiger partial charge is 0.229 e. The molecular weight excluding hydrogens is 754 g/mol. The molecular formula is C40H51N7O11. The highest BCUT2D eigenvalue weighted by atomic mass is 16.7. The number of carbonyl (C=O) groups is 2. The number of aliphatic imine (C=N–C) groups is 1. The van der Waals surface area contributed by atoms with Crippen LogP contribution in [-0.2, 0) is 11.2 Å². The van der Waals surface area contributed by atoms with Crippen molar-refractivity contribution in [3.05, 3.63) is 99.1 Å². The first-order valence-corrected chi connectivity index (χ1v) is 18.8. The van der Waals surface area contributed by atoms with Crippen molar-refractivity contribution in [3.63, 3.8) is 0 Å². The number of aliphatic hydroxyl groups is 5. The van der Waals surface area contributed by atoms with Crippen LogP contribution in [0.15, 0.2) is 70.7 Å². The standard InChI is InChI=1S/C40H51N7O11/c1-44-39(43)47-25(9-12-48)30-21(5-3-20-4-6-28(41)46-17-20)14-23-32(34(30)51)35(52)31-24(33(23)50)15-22(56-2)16-26(31)57-38-36(53)37(54)40(55,27(18-49)58-38)10-7-19-8-11-45-29(42)13-19/h4,6,8,13-17,25,27-28,36-38,45-46,48-49,51,53-55H,3,5,7,9-12,18,41-42H2,1-2H3,(H3,43,44,47)/t25-,27+,28?,36+,37+,38+,40+/m0/s1. The number of rotatable bonds is 14. The number of ketones is 2. The number of methoxy groups -OCH3 is 1. The minimum atomic E-state index is -2.14. The second kappa shape index (κ2) is 17.6. The SMILES string of the molecule is CN=C(N)N[C@@H](CCO)c1c(CCC2=CNC(N)C=C2)cc2c(c1O)C(=O)c1c(O[C@@H]3O[C@H](CO)[C@](O)(CCC4=CCNC(N)=C4)[C@H](O)[C@H]3O)cc(OC)cc1C2=O. The summed E-state index contributed by atoms with van der Waals surface area (Å²) in [5.74, 6) is -1.81. The first kappa shape index (κ1) is 42.1. The number of phenols is 1. The van der Waals surface area contributed by atoms with Gasteiger partial charge in [-0.15, -0.1) is 0 Å². The second-order valence-corrected chi connectivity index (χ2v) is 14.5. The Hall–Kier alpha value is -5.47. The van der Waals surface area contributed by atoms with Crippen LogP contribution in [0.5, 0.6) is 17.2 Å². The van der Waals surface area contributed by atoms with E-state index < -0.39 is 60.2 Å². The summed E-state index contributed by atoms with van der Waals surface area (Å²) in [5, 5.41) is 75.7. The van der Waals surface area contributed by atoms with Gasteiger partial charge in [0.1, 0.15) is 41.2 Å². The number of carbonyl (C=O) groups excluding carboxylic acids is 2. The lowest BCUT2D eigenvalue weighted by Crippen LogP contribution is -2.67. The summed E-state index contributed by atoms with van der Waals surface area (Å²) in [4.78, 5) is 33.1. The van der Waals surface area contributed by atoms with Gasteiger partial charge in [0.25, 0.3) is 0 Å². The van der Waals surface area contributed by atoms with Gasteiger partial charge in [0, 0.05) is 49.2 Å². The Balaban J connectivity index is 1.38. The molecule has 1 saturated heterocycles. The average Bonchev–Trinajstić information content (AvgIpc) is 3.21. The Morgan fingerprint density at radius 1 is 1.10 bits per heavy atom. The maximum absolute atomic E-state index is 14.7. The zero-order chi connectivity index (χ0) is 41.9. The molecule has 58 heavy (non-hydrogen) atoms. The number of guanidine groups is 1. The molecule has 0 bridgehead atoms. The molecule has 0 aromatic heterocycles. The van der Waals surface area contributed by atoms with Crippen LogP contribution in [0.3, 0.4) is 0 Å². The third kappa shape index (κ3) is 8.26. The van der Waals surface area contributed by atoms with Crippen LogP contribution >= 0.6 is 0 Å². The number of hydrogen-bond acceptors (Lipinski definition) is 16. The molecule has 7 atom stereocenters. The monoisotopic (exact) mass is 805 g/mol. The van der Waals surface area contributed by atoms with Crippen molar-refractivity contribution in [1.82, 2.24) is 16.0 Å². The number of ether oxygens (including phenoxy) is 3. The first-order chi connectivity index (χ1) is 27.7. The number of nitrogens with one attached hydrogen (secondary N) is 3. The van der Waals surface area contributed by atoms with E-state index in [1.54, 1.807) is 18.4 Å². The number of nitrogens with zero attached hydrogens (tertiary/aromatic N) is 1. The van der Waals surface area contributed by atoms with E-state index in [0.29, 0.717) is 24.4 Å². The second-order valence-electron chi connectivity index (χ2n) is 14.5. The molecule has 18 heteroatoms. The van der Waals surface area contributed by atoms with Crippen molar-refractivity contribution in [2.45, 2.75) is 74.5 Å². The van der Waals surface area contributed by atoms with Gasteiger partial charge < -0.3 is 78.0 Å². The van der Waals surface area contributed by atoms with Gasteiger partial charge in [-0.05, 0) is 73.1 Å². The number of aromatic hydroxyl groups is 1. The normalized spacial score (nSPS) is 26.0. The lowest BCUT2D eigenvalue weighted by Gasteiger charge is -2.48. The topological polar surface area (TPSA) is 310 Å². The molecule has 1 aliphatic carbocycles. The zero-order valence-electron chi connectivity index (χ0n) is 32.1. The number of hydrogen-bond donors (Lipinski definition) is 12. The summed E-state index contributed by atoms with van der Waals surface area (Å²) in [6, 6.07) is 3.30. The third-order valence-electron chi connectivity index (χ3n) is 10.9. The van der Waals surface area contributed by atoms with Crippen LogP contribution in [0.4, 0.5) is 0 Å². The van der Waals surface area contributed by atoms with Crippen molar-refractivity contribution >= 4 is 17.5 Å². The summed E-state index contributed by atoms with van der Waals surface area (Å²) in [6.45, 7) is -0.665. The van der Waals surface area contributed by atoms with Gasteiger partial charge in [0.2, 0.25) is 12.1 Å². The van der Waals surface area contributed by atoms with Gasteiger partial charge in [-0.3, -0.25) is 14.6 Å². The Labute approximate surface area is 334 Å². The number of nitrogens with two attached hydrogens (primary N) is 3. The van der Waals surface area contributed by atoms with Crippen LogP contribution in [0.1, 0.15) is 74.7 Å². The van der Waals surface area contributed by atoms with Crippen molar-refractivity contribution in [1.29, 1.82) is 0 Å². The molecule has 2 aromatic carbocycles. The number of aliphatic hydroxyl groups excluding tert-OH is 4. The lowest BCUT2D eigenvalue weighted by atomic mass is 9.78. The van der Waals surface area contributed by atoms with Crippen molar-refractivity contribution < 1.29 is 54.4 Å². The zero-order valence-corrected chi connectivity index (χ0v) is 32.1. The highest BCUT2D eigenvalue weighted by Gasteiger charge is 2.55. The molecule has 1 unspecified atom stereocenters. The summed E-state index contributed by atoms with van der Waals surface area (Å²) in [6.07, 6.45) is 2.36. The number of benzene rings is 2. The number of aryl methyl sites for hydroxylation is 1. The molecule has 3 heterocycles. The summed E-state index contributed by atoms with van der Waals surface area (Å²) in [7, 11) is 2.79. The first-order valence-electron chi connectivity index (χ1n) is 18.8. The van der Waals surface area contributed by atoms with Crippen molar-refractivity contribution in [3.8, 4) is 17.2 Å². The molecule has 15 N–H and O–H groups in total. The van der Waals surface area contributed by atoms with E-state index in [-0.39, 0.29) is 83.7 Å². The quantitative estimate of drug-likeness (QED) is 0.0691. The molecule has 0 spiro atoms. The van der Waals surface area contributed by atoms with Crippen LogP contribution in [0.25, 0.3) is 0 Å². The molecule has 3 aliphatic heterocycles. The van der Waals surface area contributed by atoms with E-state index >= 15 is 0 Å². The molecule has 0 amide bonds. The molecule has 6 rings (SSSR count). The maximum atomic E-state index is 14.7. The Bertz CT molecular complexity index is 2080. The van der Waals surface area contributed by atoms with E-state index in [1.807, 2.05) is 12.2 Å². The summed E-state index contributed by atoms with van der Waals surface area (Å²) >= 11 is 0. The van der Waals surface area contributed by atoms with Gasteiger partial charge in [-0.25, -0.2) is 0 Å². The van der Waals surface area contributed by atoms with E-state index in [1.165, 1.54) is 32.4 Å². The lowest BCUT2D eigenvalue weighted by molar-refractivity contribution is -0.314. The molecule has 4 aliphatic rings. The Morgan fingerprint density at radius 2 is 1.86 bits per heavy atom. The maximum Gasteiger partial charge on any atom is 0.229 e. The molecule has 0 radical (unpaired) electrons. The Kier molecular flexibility index (Phi) is 12.8. The molecule has 312 valence electrons. The van der Waals surface area contributed by atoms with E-state index in [2.05, 4.69) is 20.9 Å². The summed E-state index contributed by atoms with van der Waals surface area (Å²) in [5.41, 5.74) is 17.1.